The van der Waals surface area contributed by atoms with Gasteiger partial charge in [0, 0.05) is 38.5 Å². The summed E-state index contributed by atoms with van der Waals surface area (Å²) in [5.41, 5.74) is 9.71. The first kappa shape index (κ1) is 30.8. The number of anilines is 3. The van der Waals surface area contributed by atoms with Crippen molar-refractivity contribution in [3.63, 3.8) is 0 Å². The highest BCUT2D eigenvalue weighted by Crippen LogP contribution is 2.51. The average molecular weight is 714 g/mol. The van der Waals surface area contributed by atoms with E-state index in [0.29, 0.717) is 17.6 Å². The molecule has 0 aliphatic carbocycles. The summed E-state index contributed by atoms with van der Waals surface area (Å²) in [4.78, 5) is 18.3. The molecule has 1 aliphatic rings. The lowest BCUT2D eigenvalue weighted by molar-refractivity contribution is 1.02. The van der Waals surface area contributed by atoms with Crippen molar-refractivity contribution in [2.45, 2.75) is 0 Å². The highest BCUT2D eigenvalue weighted by atomic mass is 15.3. The number of aromatic nitrogens is 4. The van der Waals surface area contributed by atoms with Gasteiger partial charge in [0.1, 0.15) is 0 Å². The fraction of sp³-hybridized carbons (Fsp3) is 0. The third kappa shape index (κ3) is 4.64. The summed E-state index contributed by atoms with van der Waals surface area (Å²) >= 11 is 0. The standard InChI is InChI=1S/C51H31N5/c1-2-18-39(19-3-1)55-44-22-9-8-20-40(44)42-30-38(26-27-45(42)55)50-52-49(37-25-24-32-12-4-5-13-34(32)28-37)53-51(54-50)56-46-23-11-17-33-16-10-21-41(48(33)46)43-29-35-14-6-7-15-36(35)31-47(43)56/h1-31H. The summed E-state index contributed by atoms with van der Waals surface area (Å²) in [5.74, 6) is 1.81. The molecule has 0 spiro atoms. The number of rotatable bonds is 4. The summed E-state index contributed by atoms with van der Waals surface area (Å²) in [6, 6.07) is 66.9. The molecule has 260 valence electrons. The first-order valence-corrected chi connectivity index (χ1v) is 18.9. The van der Waals surface area contributed by atoms with E-state index >= 15 is 0 Å². The fourth-order valence-corrected chi connectivity index (χ4v) is 8.72. The van der Waals surface area contributed by atoms with Crippen molar-refractivity contribution in [1.29, 1.82) is 0 Å². The predicted octanol–water partition coefficient (Wildman–Crippen LogP) is 13.2. The largest absolute Gasteiger partial charge is 0.309 e. The zero-order valence-corrected chi connectivity index (χ0v) is 30.1. The van der Waals surface area contributed by atoms with Crippen LogP contribution in [0.5, 0.6) is 0 Å². The zero-order chi connectivity index (χ0) is 36.7. The summed E-state index contributed by atoms with van der Waals surface area (Å²) in [6.45, 7) is 0. The first-order chi connectivity index (χ1) is 27.7. The van der Waals surface area contributed by atoms with Crippen molar-refractivity contribution < 1.29 is 0 Å². The van der Waals surface area contributed by atoms with E-state index in [1.54, 1.807) is 0 Å². The highest BCUT2D eigenvalue weighted by Gasteiger charge is 2.29. The van der Waals surface area contributed by atoms with Crippen LogP contribution in [-0.2, 0) is 0 Å². The Balaban J connectivity index is 1.14. The van der Waals surface area contributed by atoms with Gasteiger partial charge in [-0.1, -0.05) is 127 Å². The van der Waals surface area contributed by atoms with Crippen LogP contribution in [0.2, 0.25) is 0 Å². The van der Waals surface area contributed by atoms with E-state index in [2.05, 4.69) is 198 Å². The molecule has 5 heteroatoms. The second kappa shape index (κ2) is 11.9. The van der Waals surface area contributed by atoms with Gasteiger partial charge in [0.15, 0.2) is 11.6 Å². The molecule has 56 heavy (non-hydrogen) atoms. The summed E-state index contributed by atoms with van der Waals surface area (Å²) in [6.07, 6.45) is 0. The monoisotopic (exact) mass is 713 g/mol. The third-order valence-electron chi connectivity index (χ3n) is 11.3. The Kier molecular flexibility index (Phi) is 6.56. The molecule has 0 radical (unpaired) electrons. The normalized spacial score (nSPS) is 12.2. The van der Waals surface area contributed by atoms with E-state index in [9.17, 15) is 0 Å². The molecular formula is C51H31N5. The second-order valence-electron chi connectivity index (χ2n) is 14.5. The zero-order valence-electron chi connectivity index (χ0n) is 30.1. The van der Waals surface area contributed by atoms with Crippen molar-refractivity contribution >= 4 is 71.4 Å². The smallest absolute Gasteiger partial charge is 0.238 e. The highest BCUT2D eigenvalue weighted by molar-refractivity contribution is 6.15. The minimum atomic E-state index is 0.573. The van der Waals surface area contributed by atoms with Crippen molar-refractivity contribution in [3.05, 3.63) is 188 Å². The van der Waals surface area contributed by atoms with Crippen LogP contribution in [0, 0.1) is 0 Å². The van der Waals surface area contributed by atoms with Crippen LogP contribution in [0.25, 0.3) is 93.7 Å². The van der Waals surface area contributed by atoms with Crippen LogP contribution in [0.4, 0.5) is 17.3 Å². The minimum Gasteiger partial charge on any atom is -0.309 e. The van der Waals surface area contributed by atoms with Crippen molar-refractivity contribution in [1.82, 2.24) is 19.5 Å². The summed E-state index contributed by atoms with van der Waals surface area (Å²) in [5, 5.41) is 9.34. The molecule has 0 bridgehead atoms. The Morgan fingerprint density at radius 3 is 1.80 bits per heavy atom. The SMILES string of the molecule is c1ccc(-n2c3ccccc3c3cc(-c4nc(-c5ccc6ccccc6c5)nc(N5c6cc7ccccc7cc6-c6cccc7cccc5c67)n4)ccc32)cc1. The molecule has 0 fully saturated rings. The molecule has 2 aromatic heterocycles. The molecule has 0 saturated carbocycles. The molecule has 1 aliphatic heterocycles. The predicted molar refractivity (Wildman–Crippen MR) is 231 cm³/mol. The van der Waals surface area contributed by atoms with Crippen molar-refractivity contribution in [3.8, 4) is 39.6 Å². The van der Waals surface area contributed by atoms with Gasteiger partial charge >= 0.3 is 0 Å². The van der Waals surface area contributed by atoms with Gasteiger partial charge in [0.05, 0.1) is 22.4 Å². The lowest BCUT2D eigenvalue weighted by Gasteiger charge is -2.32. The van der Waals surface area contributed by atoms with Gasteiger partial charge in [0.25, 0.3) is 0 Å². The first-order valence-electron chi connectivity index (χ1n) is 18.9. The molecule has 0 unspecified atom stereocenters. The van der Waals surface area contributed by atoms with Gasteiger partial charge in [-0.05, 0) is 93.2 Å². The Hall–Kier alpha value is -7.63. The Morgan fingerprint density at radius 1 is 0.357 bits per heavy atom. The maximum atomic E-state index is 5.40. The number of para-hydroxylation sites is 2. The van der Waals surface area contributed by atoms with Crippen LogP contribution in [0.3, 0.4) is 0 Å². The maximum Gasteiger partial charge on any atom is 0.238 e. The third-order valence-corrected chi connectivity index (χ3v) is 11.3. The average Bonchev–Trinajstić information content (AvgIpc) is 3.60. The molecule has 3 heterocycles. The number of benzene rings is 9. The number of hydrogen-bond donors (Lipinski definition) is 0. The van der Waals surface area contributed by atoms with Crippen LogP contribution in [-0.4, -0.2) is 19.5 Å². The molecule has 0 saturated heterocycles. The maximum absolute atomic E-state index is 5.40. The summed E-state index contributed by atoms with van der Waals surface area (Å²) < 4.78 is 2.33. The summed E-state index contributed by atoms with van der Waals surface area (Å²) in [7, 11) is 0. The lowest BCUT2D eigenvalue weighted by atomic mass is 9.90. The molecular weight excluding hydrogens is 683 g/mol. The van der Waals surface area contributed by atoms with E-state index in [-0.39, 0.29) is 0 Å². The van der Waals surface area contributed by atoms with Crippen molar-refractivity contribution in [2.24, 2.45) is 0 Å². The van der Waals surface area contributed by atoms with Crippen LogP contribution in [0.15, 0.2) is 188 Å². The minimum absolute atomic E-state index is 0.573. The van der Waals surface area contributed by atoms with E-state index < -0.39 is 0 Å². The van der Waals surface area contributed by atoms with Gasteiger partial charge in [-0.3, -0.25) is 4.90 Å². The van der Waals surface area contributed by atoms with E-state index in [4.69, 9.17) is 15.0 Å². The number of nitrogens with zero attached hydrogens (tertiary/aromatic N) is 5. The molecule has 0 amide bonds. The molecule has 9 aromatic carbocycles. The number of fused-ring (bicyclic) bond motifs is 7. The molecule has 5 nitrogen and oxygen atoms in total. The second-order valence-corrected chi connectivity index (χ2v) is 14.5. The van der Waals surface area contributed by atoms with Gasteiger partial charge in [0.2, 0.25) is 5.95 Å². The van der Waals surface area contributed by atoms with E-state index in [0.717, 1.165) is 60.9 Å². The molecule has 0 N–H and O–H groups in total. The fourth-order valence-electron chi connectivity index (χ4n) is 8.72. The Labute approximate surface area is 322 Å². The molecule has 12 rings (SSSR count). The van der Waals surface area contributed by atoms with Gasteiger partial charge in [-0.15, -0.1) is 0 Å². The van der Waals surface area contributed by atoms with Crippen molar-refractivity contribution in [2.75, 3.05) is 4.90 Å². The molecule has 0 atom stereocenters. The van der Waals surface area contributed by atoms with E-state index in [1.165, 1.54) is 32.5 Å². The van der Waals surface area contributed by atoms with Gasteiger partial charge in [-0.25, -0.2) is 4.98 Å². The Morgan fingerprint density at radius 2 is 0.982 bits per heavy atom. The lowest BCUT2D eigenvalue weighted by Crippen LogP contribution is -2.19. The quantitative estimate of drug-likeness (QED) is 0.182. The van der Waals surface area contributed by atoms with Crippen LogP contribution < -0.4 is 4.90 Å². The van der Waals surface area contributed by atoms with Crippen LogP contribution >= 0.6 is 0 Å². The van der Waals surface area contributed by atoms with E-state index in [1.807, 2.05) is 0 Å². The van der Waals surface area contributed by atoms with Gasteiger partial charge < -0.3 is 4.57 Å². The Bertz CT molecular complexity index is 3380. The molecule has 11 aromatic rings. The topological polar surface area (TPSA) is 46.8 Å². The van der Waals surface area contributed by atoms with Crippen LogP contribution in [0.1, 0.15) is 0 Å². The van der Waals surface area contributed by atoms with Gasteiger partial charge in [-0.2, -0.15) is 9.97 Å². The number of hydrogen-bond acceptors (Lipinski definition) is 4.